The van der Waals surface area contributed by atoms with Crippen LogP contribution in [0.25, 0.3) is 6.08 Å². The number of benzene rings is 2. The summed E-state index contributed by atoms with van der Waals surface area (Å²) in [6.45, 7) is 1.45. The molecule has 0 spiro atoms. The molecule has 1 aromatic heterocycles. The summed E-state index contributed by atoms with van der Waals surface area (Å²) in [4.78, 5) is -0.206. The third-order valence-corrected chi connectivity index (χ3v) is 8.51. The van der Waals surface area contributed by atoms with Crippen molar-refractivity contribution in [2.24, 2.45) is 0 Å². The van der Waals surface area contributed by atoms with Gasteiger partial charge in [-0.05, 0) is 41.8 Å². The normalized spacial score (nSPS) is 14.4. The van der Waals surface area contributed by atoms with Gasteiger partial charge in [0.1, 0.15) is 9.23 Å². The number of thiophene rings is 1. The molecule has 3 aromatic rings. The first-order valence-corrected chi connectivity index (χ1v) is 12.4. The summed E-state index contributed by atoms with van der Waals surface area (Å²) in [6, 6.07) is 12.8. The first-order chi connectivity index (χ1) is 15.3. The molecule has 1 unspecified atom stereocenters. The molecule has 1 heterocycles. The minimum atomic E-state index is -5.02. The second-order valence-electron chi connectivity index (χ2n) is 7.17. The van der Waals surface area contributed by atoms with Crippen LogP contribution >= 0.6 is 34.5 Å². The van der Waals surface area contributed by atoms with E-state index in [1.54, 1.807) is 30.3 Å². The van der Waals surface area contributed by atoms with E-state index < -0.39 is 27.4 Å². The van der Waals surface area contributed by atoms with Crippen LogP contribution in [0.5, 0.6) is 0 Å². The maximum atomic E-state index is 13.9. The van der Waals surface area contributed by atoms with Crippen molar-refractivity contribution in [3.63, 3.8) is 0 Å². The van der Waals surface area contributed by atoms with E-state index in [1.807, 2.05) is 0 Å². The second kappa shape index (κ2) is 9.31. The largest absolute Gasteiger partial charge is 0.425 e. The summed E-state index contributed by atoms with van der Waals surface area (Å²) in [6.07, 6.45) is -3.18. The number of alkyl halides is 3. The molecule has 0 saturated heterocycles. The van der Waals surface area contributed by atoms with Gasteiger partial charge in [0.05, 0.1) is 10.0 Å². The van der Waals surface area contributed by atoms with Gasteiger partial charge in [-0.3, -0.25) is 4.31 Å². The Morgan fingerprint density at radius 1 is 1.06 bits per heavy atom. The molecule has 0 fully saturated rings. The van der Waals surface area contributed by atoms with E-state index in [-0.39, 0.29) is 24.8 Å². The average molecular weight is 536 g/mol. The zero-order valence-corrected chi connectivity index (χ0v) is 20.4. The van der Waals surface area contributed by atoms with Gasteiger partial charge in [-0.25, -0.2) is 8.42 Å². The summed E-state index contributed by atoms with van der Waals surface area (Å²) in [5, 5.41) is 10.6. The lowest BCUT2D eigenvalue weighted by atomic mass is 9.90. The van der Waals surface area contributed by atoms with E-state index in [9.17, 15) is 26.7 Å². The summed E-state index contributed by atoms with van der Waals surface area (Å²) in [7, 11) is -2.86. The van der Waals surface area contributed by atoms with Gasteiger partial charge in [0.2, 0.25) is 5.60 Å². The van der Waals surface area contributed by atoms with Crippen LogP contribution in [-0.4, -0.2) is 26.7 Å². The van der Waals surface area contributed by atoms with Crippen LogP contribution in [0.2, 0.25) is 8.67 Å². The molecule has 0 saturated carbocycles. The van der Waals surface area contributed by atoms with Crippen LogP contribution < -0.4 is 4.31 Å². The van der Waals surface area contributed by atoms with Gasteiger partial charge >= 0.3 is 6.18 Å². The van der Waals surface area contributed by atoms with Crippen LogP contribution in [0, 0.1) is 6.92 Å². The smallest absolute Gasteiger partial charge is 0.373 e. The number of anilines is 1. The van der Waals surface area contributed by atoms with E-state index >= 15 is 0 Å². The molecule has 2 aromatic carbocycles. The van der Waals surface area contributed by atoms with Crippen molar-refractivity contribution >= 4 is 56.3 Å². The zero-order valence-electron chi connectivity index (χ0n) is 17.3. The van der Waals surface area contributed by atoms with Crippen molar-refractivity contribution < 1.29 is 26.7 Å². The number of sulfonamides is 1. The van der Waals surface area contributed by atoms with E-state index in [2.05, 4.69) is 0 Å². The zero-order chi connectivity index (χ0) is 24.6. The fourth-order valence-corrected chi connectivity index (χ4v) is 6.53. The Balaban J connectivity index is 2.03. The first-order valence-electron chi connectivity index (χ1n) is 9.35. The lowest BCUT2D eigenvalue weighted by Crippen LogP contribution is -2.40. The molecule has 1 N–H and O–H groups in total. The van der Waals surface area contributed by atoms with Crippen molar-refractivity contribution in [3.05, 3.63) is 86.0 Å². The second-order valence-corrected chi connectivity index (χ2v) is 11.4. The molecule has 0 aliphatic heterocycles. The molecule has 176 valence electrons. The lowest BCUT2D eigenvalue weighted by molar-refractivity contribution is -0.244. The Morgan fingerprint density at radius 3 is 2.21 bits per heavy atom. The van der Waals surface area contributed by atoms with E-state index in [4.69, 9.17) is 23.2 Å². The van der Waals surface area contributed by atoms with Crippen molar-refractivity contribution in [3.8, 4) is 0 Å². The molecule has 4 nitrogen and oxygen atoms in total. The van der Waals surface area contributed by atoms with E-state index in [0.29, 0.717) is 11.6 Å². The number of aryl methyl sites for hydroxylation is 1. The van der Waals surface area contributed by atoms with Gasteiger partial charge in [0.25, 0.3) is 10.0 Å². The van der Waals surface area contributed by atoms with Crippen LogP contribution in [0.4, 0.5) is 18.9 Å². The van der Waals surface area contributed by atoms with Crippen LogP contribution in [0.1, 0.15) is 16.7 Å². The van der Waals surface area contributed by atoms with E-state index in [1.165, 1.54) is 32.2 Å². The summed E-state index contributed by atoms with van der Waals surface area (Å²) < 4.78 is 68.7. The van der Waals surface area contributed by atoms with Crippen molar-refractivity contribution in [1.29, 1.82) is 0 Å². The van der Waals surface area contributed by atoms with Crippen LogP contribution in [0.3, 0.4) is 0 Å². The standard InChI is InChI=1S/C22H18Cl2F3NO3S2/c1-14-12-16(21(29,22(25,26)27)11-10-15-6-4-3-5-7-15)8-9-17(14)28(2)33(30,31)18-13-19(23)32-20(18)24/h3-13,29H,1-2H3/b11-10+. The SMILES string of the molecule is Cc1cc(C(O)(/C=C/c2ccccc2)C(F)(F)F)ccc1N(C)S(=O)(=O)c1cc(Cl)sc1Cl. The highest BCUT2D eigenvalue weighted by Gasteiger charge is 2.53. The van der Waals surface area contributed by atoms with Crippen molar-refractivity contribution in [2.45, 2.75) is 23.6 Å². The predicted octanol–water partition coefficient (Wildman–Crippen LogP) is 6.65. The van der Waals surface area contributed by atoms with Crippen molar-refractivity contribution in [1.82, 2.24) is 0 Å². The predicted molar refractivity (Wildman–Crippen MR) is 127 cm³/mol. The van der Waals surface area contributed by atoms with Crippen LogP contribution in [0.15, 0.2) is 65.6 Å². The summed E-state index contributed by atoms with van der Waals surface area (Å²) >= 11 is 12.7. The molecule has 3 rings (SSSR count). The van der Waals surface area contributed by atoms with Gasteiger partial charge in [-0.15, -0.1) is 11.3 Å². The van der Waals surface area contributed by atoms with E-state index in [0.717, 1.165) is 27.8 Å². The Morgan fingerprint density at radius 2 is 1.70 bits per heavy atom. The molecule has 0 aliphatic carbocycles. The highest BCUT2D eigenvalue weighted by molar-refractivity contribution is 7.93. The number of hydrogen-bond donors (Lipinski definition) is 1. The van der Waals surface area contributed by atoms with Crippen LogP contribution in [-0.2, 0) is 15.6 Å². The molecule has 0 amide bonds. The molecule has 0 bridgehead atoms. The fraction of sp³-hybridized carbons (Fsp3) is 0.182. The van der Waals surface area contributed by atoms with Gasteiger partial charge in [-0.2, -0.15) is 13.2 Å². The van der Waals surface area contributed by atoms with Crippen molar-refractivity contribution in [2.75, 3.05) is 11.4 Å². The third kappa shape index (κ3) is 5.07. The Kier molecular flexibility index (Phi) is 7.21. The maximum absolute atomic E-state index is 13.9. The Hall–Kier alpha value is -2.04. The maximum Gasteiger partial charge on any atom is 0.425 e. The van der Waals surface area contributed by atoms with Gasteiger partial charge < -0.3 is 5.11 Å². The molecule has 0 aliphatic rings. The number of aliphatic hydroxyl groups is 1. The monoisotopic (exact) mass is 535 g/mol. The fourth-order valence-electron chi connectivity index (χ4n) is 3.16. The molecule has 11 heteroatoms. The minimum Gasteiger partial charge on any atom is -0.373 e. The molecule has 33 heavy (non-hydrogen) atoms. The van der Waals surface area contributed by atoms with Gasteiger partial charge in [0.15, 0.2) is 0 Å². The topological polar surface area (TPSA) is 57.6 Å². The first kappa shape index (κ1) is 25.6. The molecular formula is C22H18Cl2F3NO3S2. The molecule has 1 atom stereocenters. The number of rotatable bonds is 6. The summed E-state index contributed by atoms with van der Waals surface area (Å²) in [5.41, 5.74) is -2.94. The van der Waals surface area contributed by atoms with Gasteiger partial charge in [-0.1, -0.05) is 71.7 Å². The Bertz CT molecular complexity index is 1290. The molecule has 0 radical (unpaired) electrons. The Labute approximate surface area is 203 Å². The number of hydrogen-bond acceptors (Lipinski definition) is 4. The quantitative estimate of drug-likeness (QED) is 0.384. The average Bonchev–Trinajstić information content (AvgIpc) is 3.10. The highest BCUT2D eigenvalue weighted by Crippen LogP contribution is 2.42. The third-order valence-electron chi connectivity index (χ3n) is 4.99. The number of halogens is 5. The highest BCUT2D eigenvalue weighted by atomic mass is 35.5. The molecular weight excluding hydrogens is 518 g/mol. The minimum absolute atomic E-state index is 0.0291. The lowest BCUT2D eigenvalue weighted by Gasteiger charge is -2.29. The van der Waals surface area contributed by atoms with Gasteiger partial charge in [0, 0.05) is 7.05 Å². The number of nitrogens with zero attached hydrogens (tertiary/aromatic N) is 1. The summed E-state index contributed by atoms with van der Waals surface area (Å²) in [5.74, 6) is 0.